The predicted molar refractivity (Wildman–Crippen MR) is 64.0 cm³/mol. The summed E-state index contributed by atoms with van der Waals surface area (Å²) < 4.78 is 1.94. The zero-order valence-electron chi connectivity index (χ0n) is 10.3. The van der Waals surface area contributed by atoms with E-state index in [1.165, 1.54) is 25.7 Å². The van der Waals surface area contributed by atoms with Crippen LogP contribution in [-0.2, 0) is 13.0 Å². The van der Waals surface area contributed by atoms with Crippen molar-refractivity contribution < 1.29 is 0 Å². The highest BCUT2D eigenvalue weighted by Crippen LogP contribution is 2.40. The lowest BCUT2D eigenvalue weighted by Gasteiger charge is -2.30. The van der Waals surface area contributed by atoms with Crippen LogP contribution in [0.1, 0.15) is 45.4 Å². The van der Waals surface area contributed by atoms with E-state index in [2.05, 4.69) is 23.9 Å². The maximum Gasteiger partial charge on any atom is 0.138 e. The molecule has 0 bridgehead atoms. The van der Waals surface area contributed by atoms with Crippen molar-refractivity contribution in [2.24, 2.45) is 11.1 Å². The standard InChI is InChI=1S/C12H22N4/c1-3-16-11(14-9-15-16)8-10(13)12(2)6-4-5-7-12/h9-10H,3-8,13H2,1-2H3. The second kappa shape index (κ2) is 4.53. The summed E-state index contributed by atoms with van der Waals surface area (Å²) in [7, 11) is 0. The molecular weight excluding hydrogens is 200 g/mol. The topological polar surface area (TPSA) is 56.7 Å². The molecule has 16 heavy (non-hydrogen) atoms. The van der Waals surface area contributed by atoms with Crippen molar-refractivity contribution in [1.82, 2.24) is 14.8 Å². The summed E-state index contributed by atoms with van der Waals surface area (Å²) >= 11 is 0. The number of hydrogen-bond donors (Lipinski definition) is 1. The van der Waals surface area contributed by atoms with Crippen LogP contribution >= 0.6 is 0 Å². The van der Waals surface area contributed by atoms with Gasteiger partial charge in [-0.3, -0.25) is 4.68 Å². The smallest absolute Gasteiger partial charge is 0.138 e. The monoisotopic (exact) mass is 222 g/mol. The zero-order chi connectivity index (χ0) is 11.6. The van der Waals surface area contributed by atoms with Crippen LogP contribution in [0.15, 0.2) is 6.33 Å². The van der Waals surface area contributed by atoms with Crippen LogP contribution in [0.2, 0.25) is 0 Å². The molecule has 1 aromatic heterocycles. The molecule has 1 unspecified atom stereocenters. The minimum atomic E-state index is 0.212. The fraction of sp³-hybridized carbons (Fsp3) is 0.833. The number of nitrogens with two attached hydrogens (primary N) is 1. The quantitative estimate of drug-likeness (QED) is 0.844. The van der Waals surface area contributed by atoms with Crippen LogP contribution in [0.3, 0.4) is 0 Å². The average molecular weight is 222 g/mol. The highest BCUT2D eigenvalue weighted by molar-refractivity contribution is 4.97. The molecule has 2 N–H and O–H groups in total. The molecule has 0 aromatic carbocycles. The van der Waals surface area contributed by atoms with Crippen molar-refractivity contribution in [3.05, 3.63) is 12.2 Å². The van der Waals surface area contributed by atoms with E-state index < -0.39 is 0 Å². The summed E-state index contributed by atoms with van der Waals surface area (Å²) in [5.41, 5.74) is 6.66. The fourth-order valence-corrected chi connectivity index (χ4v) is 2.71. The molecule has 1 aromatic rings. The van der Waals surface area contributed by atoms with Crippen molar-refractivity contribution in [2.45, 2.75) is 58.5 Å². The van der Waals surface area contributed by atoms with Gasteiger partial charge in [0.05, 0.1) is 0 Å². The van der Waals surface area contributed by atoms with Crippen molar-refractivity contribution in [2.75, 3.05) is 0 Å². The van der Waals surface area contributed by atoms with Crippen LogP contribution in [0, 0.1) is 5.41 Å². The summed E-state index contributed by atoms with van der Waals surface area (Å²) in [6.07, 6.45) is 7.64. The molecule has 0 saturated heterocycles. The van der Waals surface area contributed by atoms with Gasteiger partial charge < -0.3 is 5.73 Å². The lowest BCUT2D eigenvalue weighted by molar-refractivity contribution is 0.256. The highest BCUT2D eigenvalue weighted by atomic mass is 15.3. The molecule has 1 aliphatic carbocycles. The Morgan fingerprint density at radius 2 is 2.19 bits per heavy atom. The lowest BCUT2D eigenvalue weighted by Crippen LogP contribution is -2.40. The maximum atomic E-state index is 6.35. The summed E-state index contributed by atoms with van der Waals surface area (Å²) in [4.78, 5) is 4.30. The molecule has 4 heteroatoms. The molecule has 1 saturated carbocycles. The molecule has 0 aliphatic heterocycles. The van der Waals surface area contributed by atoms with Gasteiger partial charge in [0.15, 0.2) is 0 Å². The normalized spacial score (nSPS) is 21.2. The summed E-state index contributed by atoms with van der Waals surface area (Å²) in [5, 5.41) is 4.19. The molecule has 1 fully saturated rings. The van der Waals surface area contributed by atoms with Crippen molar-refractivity contribution in [1.29, 1.82) is 0 Å². The van der Waals surface area contributed by atoms with E-state index >= 15 is 0 Å². The largest absolute Gasteiger partial charge is 0.327 e. The van der Waals surface area contributed by atoms with E-state index in [0.29, 0.717) is 5.41 Å². The Bertz CT molecular complexity index is 339. The van der Waals surface area contributed by atoms with E-state index in [1.54, 1.807) is 6.33 Å². The molecule has 0 radical (unpaired) electrons. The Kier molecular flexibility index (Phi) is 3.28. The van der Waals surface area contributed by atoms with Gasteiger partial charge in [-0.15, -0.1) is 0 Å². The number of hydrogen-bond acceptors (Lipinski definition) is 3. The Labute approximate surface area is 97.2 Å². The van der Waals surface area contributed by atoms with Crippen molar-refractivity contribution in [3.63, 3.8) is 0 Å². The van der Waals surface area contributed by atoms with E-state index in [4.69, 9.17) is 5.73 Å². The molecule has 90 valence electrons. The van der Waals surface area contributed by atoms with E-state index in [9.17, 15) is 0 Å². The Balaban J connectivity index is 2.04. The fourth-order valence-electron chi connectivity index (χ4n) is 2.71. The van der Waals surface area contributed by atoms with Gasteiger partial charge in [-0.25, -0.2) is 4.98 Å². The average Bonchev–Trinajstić information content (AvgIpc) is 2.87. The Morgan fingerprint density at radius 1 is 1.50 bits per heavy atom. The molecule has 1 heterocycles. The molecule has 2 rings (SSSR count). The minimum Gasteiger partial charge on any atom is -0.327 e. The van der Waals surface area contributed by atoms with Crippen LogP contribution in [0.4, 0.5) is 0 Å². The van der Waals surface area contributed by atoms with Gasteiger partial charge in [-0.2, -0.15) is 5.10 Å². The molecule has 0 spiro atoms. The first-order valence-electron chi connectivity index (χ1n) is 6.28. The second-order valence-electron chi connectivity index (χ2n) is 5.16. The van der Waals surface area contributed by atoms with Gasteiger partial charge in [0.1, 0.15) is 12.2 Å². The summed E-state index contributed by atoms with van der Waals surface area (Å²) in [6, 6.07) is 0.212. The molecular formula is C12H22N4. The minimum absolute atomic E-state index is 0.212. The first-order chi connectivity index (χ1) is 7.65. The number of aryl methyl sites for hydroxylation is 1. The highest BCUT2D eigenvalue weighted by Gasteiger charge is 2.35. The van der Waals surface area contributed by atoms with Gasteiger partial charge in [0, 0.05) is 19.0 Å². The van der Waals surface area contributed by atoms with Gasteiger partial charge >= 0.3 is 0 Å². The molecule has 4 nitrogen and oxygen atoms in total. The third-order valence-electron chi connectivity index (χ3n) is 4.04. The van der Waals surface area contributed by atoms with Gasteiger partial charge in [0.2, 0.25) is 0 Å². The zero-order valence-corrected chi connectivity index (χ0v) is 10.3. The molecule has 1 atom stereocenters. The Hall–Kier alpha value is -0.900. The first-order valence-corrected chi connectivity index (χ1v) is 6.28. The van der Waals surface area contributed by atoms with E-state index in [-0.39, 0.29) is 6.04 Å². The first kappa shape index (κ1) is 11.6. The SMILES string of the molecule is CCn1ncnc1CC(N)C1(C)CCCC1. The van der Waals surface area contributed by atoms with Crippen molar-refractivity contribution >= 4 is 0 Å². The number of nitrogens with zero attached hydrogens (tertiary/aromatic N) is 3. The number of aromatic nitrogens is 3. The molecule has 1 aliphatic rings. The van der Waals surface area contributed by atoms with Gasteiger partial charge in [-0.1, -0.05) is 19.8 Å². The van der Waals surface area contributed by atoms with Crippen LogP contribution in [0.5, 0.6) is 0 Å². The van der Waals surface area contributed by atoms with Crippen LogP contribution in [0.25, 0.3) is 0 Å². The van der Waals surface area contributed by atoms with Gasteiger partial charge in [0.25, 0.3) is 0 Å². The van der Waals surface area contributed by atoms with E-state index in [0.717, 1.165) is 18.8 Å². The number of rotatable bonds is 4. The van der Waals surface area contributed by atoms with Crippen LogP contribution in [-0.4, -0.2) is 20.8 Å². The van der Waals surface area contributed by atoms with Crippen LogP contribution < -0.4 is 5.73 Å². The van der Waals surface area contributed by atoms with Gasteiger partial charge in [-0.05, 0) is 25.2 Å². The summed E-state index contributed by atoms with van der Waals surface area (Å²) in [6.45, 7) is 5.27. The predicted octanol–water partition coefficient (Wildman–Crippen LogP) is 1.75. The second-order valence-corrected chi connectivity index (χ2v) is 5.16. The molecule has 0 amide bonds. The Morgan fingerprint density at radius 3 is 2.81 bits per heavy atom. The van der Waals surface area contributed by atoms with Crippen molar-refractivity contribution in [3.8, 4) is 0 Å². The summed E-state index contributed by atoms with van der Waals surface area (Å²) in [5.74, 6) is 1.03. The lowest BCUT2D eigenvalue weighted by atomic mass is 9.79. The van der Waals surface area contributed by atoms with E-state index in [1.807, 2.05) is 4.68 Å². The third kappa shape index (κ3) is 2.12. The third-order valence-corrected chi connectivity index (χ3v) is 4.04. The maximum absolute atomic E-state index is 6.35.